The van der Waals surface area contributed by atoms with E-state index < -0.39 is 17.8 Å². The zero-order chi connectivity index (χ0) is 24.2. The van der Waals surface area contributed by atoms with Crippen LogP contribution >= 0.6 is 0 Å². The number of aromatic nitrogens is 1. The van der Waals surface area contributed by atoms with Gasteiger partial charge in [-0.15, -0.1) is 0 Å². The minimum Gasteiger partial charge on any atom is -0.481 e. The standard InChI is InChI=1S/C27H29N3O4/c1-3-4-5-8-19-11-12-24-22(15-19)27(34)30(14-13-26(32)33)25(31)18-29(24)17-20-16-28(2)23-10-7-6-9-21(20)23/h5-12,15-16H,3-4,13-14,17-18H2,1-2H3,(H,32,33). The van der Waals surface area contributed by atoms with Gasteiger partial charge in [0, 0.05) is 37.2 Å². The topological polar surface area (TPSA) is 82.8 Å². The predicted molar refractivity (Wildman–Crippen MR) is 133 cm³/mol. The molecule has 2 amide bonds. The summed E-state index contributed by atoms with van der Waals surface area (Å²) in [5.74, 6) is -1.90. The Morgan fingerprint density at radius 3 is 2.71 bits per heavy atom. The number of carboxylic acid groups (broad SMARTS) is 1. The first kappa shape index (κ1) is 23.3. The second-order valence-corrected chi connectivity index (χ2v) is 8.60. The lowest BCUT2D eigenvalue weighted by molar-refractivity contribution is -0.137. The number of hydrogen-bond acceptors (Lipinski definition) is 4. The number of anilines is 1. The minimum atomic E-state index is -1.05. The Morgan fingerprint density at radius 2 is 1.94 bits per heavy atom. The maximum atomic E-state index is 13.4. The highest BCUT2D eigenvalue weighted by Crippen LogP contribution is 2.31. The number of carbonyl (C=O) groups excluding carboxylic acids is 2. The molecule has 0 fully saturated rings. The second-order valence-electron chi connectivity index (χ2n) is 8.60. The van der Waals surface area contributed by atoms with Crippen molar-refractivity contribution in [1.82, 2.24) is 9.47 Å². The molecule has 0 unspecified atom stereocenters. The van der Waals surface area contributed by atoms with Crippen molar-refractivity contribution in [2.75, 3.05) is 18.0 Å². The second kappa shape index (κ2) is 9.95. The molecule has 0 bridgehead atoms. The number of carbonyl (C=O) groups is 3. The summed E-state index contributed by atoms with van der Waals surface area (Å²) in [6.07, 6.45) is 7.75. The smallest absolute Gasteiger partial charge is 0.305 e. The number of rotatable bonds is 8. The van der Waals surface area contributed by atoms with E-state index in [4.69, 9.17) is 5.11 Å². The Labute approximate surface area is 198 Å². The summed E-state index contributed by atoms with van der Waals surface area (Å²) in [5.41, 5.74) is 4.11. The summed E-state index contributed by atoms with van der Waals surface area (Å²) >= 11 is 0. The SMILES string of the molecule is CCCC=Cc1ccc2c(c1)C(=O)N(CCC(=O)O)C(=O)CN2Cc1cn(C)c2ccccc12. The first-order chi connectivity index (χ1) is 16.4. The van der Waals surface area contributed by atoms with Gasteiger partial charge in [0.15, 0.2) is 0 Å². The Balaban J connectivity index is 1.75. The zero-order valence-corrected chi connectivity index (χ0v) is 19.5. The quantitative estimate of drug-likeness (QED) is 0.503. The van der Waals surface area contributed by atoms with Crippen LogP contribution in [0.5, 0.6) is 0 Å². The third-order valence-corrected chi connectivity index (χ3v) is 6.12. The molecule has 176 valence electrons. The van der Waals surface area contributed by atoms with E-state index in [0.717, 1.165) is 39.8 Å². The lowest BCUT2D eigenvalue weighted by Gasteiger charge is -2.23. The fraction of sp³-hybridized carbons (Fsp3) is 0.296. The van der Waals surface area contributed by atoms with Gasteiger partial charge in [0.2, 0.25) is 5.91 Å². The van der Waals surface area contributed by atoms with Crippen LogP contribution in [-0.2, 0) is 23.2 Å². The van der Waals surface area contributed by atoms with E-state index in [1.54, 1.807) is 6.07 Å². The van der Waals surface area contributed by atoms with E-state index in [9.17, 15) is 14.4 Å². The molecule has 0 atom stereocenters. The highest BCUT2D eigenvalue weighted by molar-refractivity contribution is 6.11. The average molecular weight is 460 g/mol. The molecule has 1 aromatic heterocycles. The van der Waals surface area contributed by atoms with Crippen molar-refractivity contribution >= 4 is 40.4 Å². The Morgan fingerprint density at radius 1 is 1.15 bits per heavy atom. The van der Waals surface area contributed by atoms with E-state index in [1.807, 2.05) is 54.6 Å². The Bertz CT molecular complexity index is 1270. The van der Waals surface area contributed by atoms with Gasteiger partial charge in [-0.2, -0.15) is 0 Å². The van der Waals surface area contributed by atoms with Gasteiger partial charge in [0.1, 0.15) is 0 Å². The van der Waals surface area contributed by atoms with Gasteiger partial charge < -0.3 is 14.6 Å². The van der Waals surface area contributed by atoms with Gasteiger partial charge in [0.05, 0.1) is 24.2 Å². The summed E-state index contributed by atoms with van der Waals surface area (Å²) in [5, 5.41) is 10.2. The molecule has 1 aliphatic heterocycles. The highest BCUT2D eigenvalue weighted by Gasteiger charge is 2.32. The van der Waals surface area contributed by atoms with E-state index in [-0.39, 0.29) is 19.5 Å². The largest absolute Gasteiger partial charge is 0.481 e. The number of benzene rings is 2. The number of hydrogen-bond donors (Lipinski definition) is 1. The van der Waals surface area contributed by atoms with Crippen molar-refractivity contribution in [2.45, 2.75) is 32.7 Å². The van der Waals surface area contributed by atoms with Crippen LogP contribution in [0.4, 0.5) is 5.69 Å². The van der Waals surface area contributed by atoms with Gasteiger partial charge in [-0.3, -0.25) is 19.3 Å². The van der Waals surface area contributed by atoms with E-state index in [2.05, 4.69) is 23.6 Å². The minimum absolute atomic E-state index is 0.00734. The van der Waals surface area contributed by atoms with Crippen LogP contribution in [0.15, 0.2) is 54.7 Å². The van der Waals surface area contributed by atoms with Crippen molar-refractivity contribution in [2.24, 2.45) is 7.05 Å². The fourth-order valence-electron chi connectivity index (χ4n) is 4.41. The maximum absolute atomic E-state index is 13.4. The predicted octanol–water partition coefficient (Wildman–Crippen LogP) is 4.46. The van der Waals surface area contributed by atoms with Gasteiger partial charge in [-0.1, -0.05) is 49.8 Å². The molecule has 34 heavy (non-hydrogen) atoms. The monoisotopic (exact) mass is 459 g/mol. The van der Waals surface area contributed by atoms with Gasteiger partial charge in [-0.05, 0) is 35.7 Å². The van der Waals surface area contributed by atoms with Crippen LogP contribution in [0.1, 0.15) is 47.7 Å². The molecule has 7 nitrogen and oxygen atoms in total. The van der Waals surface area contributed by atoms with Crippen molar-refractivity contribution < 1.29 is 19.5 Å². The number of fused-ring (bicyclic) bond motifs is 2. The van der Waals surface area contributed by atoms with Gasteiger partial charge >= 0.3 is 5.97 Å². The number of carboxylic acids is 1. The molecule has 0 radical (unpaired) electrons. The van der Waals surface area contributed by atoms with E-state index in [0.29, 0.717) is 17.8 Å². The number of unbranched alkanes of at least 4 members (excludes halogenated alkanes) is 1. The average Bonchev–Trinajstić information content (AvgIpc) is 3.09. The van der Waals surface area contributed by atoms with Crippen LogP contribution in [0.2, 0.25) is 0 Å². The number of nitrogens with zero attached hydrogens (tertiary/aromatic N) is 3. The van der Waals surface area contributed by atoms with E-state index in [1.165, 1.54) is 0 Å². The third-order valence-electron chi connectivity index (χ3n) is 6.12. The molecule has 3 aromatic rings. The lowest BCUT2D eigenvalue weighted by Crippen LogP contribution is -2.41. The van der Waals surface area contributed by atoms with Crippen molar-refractivity contribution in [1.29, 1.82) is 0 Å². The highest BCUT2D eigenvalue weighted by atomic mass is 16.4. The van der Waals surface area contributed by atoms with Crippen molar-refractivity contribution in [3.05, 3.63) is 71.4 Å². The summed E-state index contributed by atoms with van der Waals surface area (Å²) in [4.78, 5) is 40.7. The number of para-hydroxylation sites is 1. The molecule has 0 aliphatic carbocycles. The van der Waals surface area contributed by atoms with Crippen LogP contribution in [0.3, 0.4) is 0 Å². The number of allylic oxidation sites excluding steroid dienone is 1. The molecule has 1 aliphatic rings. The molecule has 4 rings (SSSR count). The van der Waals surface area contributed by atoms with Gasteiger partial charge in [0.25, 0.3) is 5.91 Å². The zero-order valence-electron chi connectivity index (χ0n) is 19.5. The fourth-order valence-corrected chi connectivity index (χ4v) is 4.41. The lowest BCUT2D eigenvalue weighted by atomic mass is 10.0. The van der Waals surface area contributed by atoms with E-state index >= 15 is 0 Å². The molecular weight excluding hydrogens is 430 g/mol. The first-order valence-corrected chi connectivity index (χ1v) is 11.5. The van der Waals surface area contributed by atoms with Crippen molar-refractivity contribution in [3.63, 3.8) is 0 Å². The van der Waals surface area contributed by atoms with Crippen LogP contribution in [0.25, 0.3) is 17.0 Å². The molecular formula is C27H29N3O4. The molecule has 0 spiro atoms. The first-order valence-electron chi connectivity index (χ1n) is 11.5. The normalized spacial score (nSPS) is 14.2. The summed E-state index contributed by atoms with van der Waals surface area (Å²) in [6.45, 7) is 2.39. The summed E-state index contributed by atoms with van der Waals surface area (Å²) in [6, 6.07) is 13.7. The molecule has 0 saturated heterocycles. The number of aliphatic carboxylic acids is 1. The summed E-state index contributed by atoms with van der Waals surface area (Å²) in [7, 11) is 1.99. The van der Waals surface area contributed by atoms with Crippen LogP contribution in [-0.4, -0.2) is 45.4 Å². The maximum Gasteiger partial charge on any atom is 0.305 e. The molecule has 1 N–H and O–H groups in total. The molecule has 2 aromatic carbocycles. The number of amides is 2. The number of imide groups is 1. The summed E-state index contributed by atoms with van der Waals surface area (Å²) < 4.78 is 2.05. The molecule has 2 heterocycles. The molecule has 7 heteroatoms. The van der Waals surface area contributed by atoms with Crippen LogP contribution in [0, 0.1) is 0 Å². The Kier molecular flexibility index (Phi) is 6.82. The molecule has 0 saturated carbocycles. The Hall–Kier alpha value is -3.87. The third kappa shape index (κ3) is 4.73. The number of aryl methyl sites for hydroxylation is 1. The van der Waals surface area contributed by atoms with Crippen molar-refractivity contribution in [3.8, 4) is 0 Å². The van der Waals surface area contributed by atoms with Gasteiger partial charge in [-0.25, -0.2) is 0 Å². The van der Waals surface area contributed by atoms with Crippen LogP contribution < -0.4 is 4.90 Å².